The van der Waals surface area contributed by atoms with Crippen LogP contribution in [-0.4, -0.2) is 33.6 Å². The van der Waals surface area contributed by atoms with Crippen LogP contribution in [0.3, 0.4) is 0 Å². The number of carboxylic acids is 1. The second kappa shape index (κ2) is 4.94. The SMILES string of the molecule is O=C(O)c1nc(C2CCNCC2)n2cc(Br)ccc12. The Labute approximate surface area is 118 Å². The van der Waals surface area contributed by atoms with Crippen molar-refractivity contribution in [1.82, 2.24) is 14.7 Å². The standard InChI is InChI=1S/C13H14BrN3O2/c14-9-1-2-10-11(13(18)19)16-12(17(10)7-9)8-3-5-15-6-4-8/h1-2,7-8,15H,3-6H2,(H,18,19). The maximum atomic E-state index is 11.3. The lowest BCUT2D eigenvalue weighted by Gasteiger charge is -2.21. The Morgan fingerprint density at radius 3 is 2.84 bits per heavy atom. The molecule has 100 valence electrons. The smallest absolute Gasteiger partial charge is 0.356 e. The molecule has 2 aromatic heterocycles. The maximum Gasteiger partial charge on any atom is 0.356 e. The Balaban J connectivity index is 2.17. The van der Waals surface area contributed by atoms with Crippen LogP contribution in [0.5, 0.6) is 0 Å². The largest absolute Gasteiger partial charge is 0.476 e. The van der Waals surface area contributed by atoms with E-state index in [1.54, 1.807) is 6.07 Å². The summed E-state index contributed by atoms with van der Waals surface area (Å²) in [5.74, 6) is 0.200. The minimum Gasteiger partial charge on any atom is -0.476 e. The molecule has 0 bridgehead atoms. The van der Waals surface area contributed by atoms with Crippen LogP contribution in [0.25, 0.3) is 5.52 Å². The number of imidazole rings is 1. The van der Waals surface area contributed by atoms with E-state index in [0.29, 0.717) is 11.4 Å². The number of aromatic carboxylic acids is 1. The Morgan fingerprint density at radius 1 is 1.42 bits per heavy atom. The first-order valence-electron chi connectivity index (χ1n) is 6.28. The highest BCUT2D eigenvalue weighted by atomic mass is 79.9. The number of piperidine rings is 1. The van der Waals surface area contributed by atoms with E-state index >= 15 is 0 Å². The molecule has 1 aliphatic rings. The molecule has 0 unspecified atom stereocenters. The molecular weight excluding hydrogens is 310 g/mol. The van der Waals surface area contributed by atoms with Crippen molar-refractivity contribution in [1.29, 1.82) is 0 Å². The van der Waals surface area contributed by atoms with E-state index in [1.807, 2.05) is 16.7 Å². The number of nitrogens with zero attached hydrogens (tertiary/aromatic N) is 2. The average Bonchev–Trinajstić information content (AvgIpc) is 2.78. The summed E-state index contributed by atoms with van der Waals surface area (Å²) in [6.45, 7) is 1.91. The molecular formula is C13H14BrN3O2. The van der Waals surface area contributed by atoms with Crippen LogP contribution in [0.2, 0.25) is 0 Å². The number of aromatic nitrogens is 2. The summed E-state index contributed by atoms with van der Waals surface area (Å²) < 4.78 is 2.83. The minimum absolute atomic E-state index is 0.140. The van der Waals surface area contributed by atoms with Gasteiger partial charge >= 0.3 is 5.97 Å². The van der Waals surface area contributed by atoms with Crippen molar-refractivity contribution in [2.45, 2.75) is 18.8 Å². The molecule has 1 aliphatic heterocycles. The highest BCUT2D eigenvalue weighted by Crippen LogP contribution is 2.28. The first-order chi connectivity index (χ1) is 9.16. The van der Waals surface area contributed by atoms with Gasteiger partial charge in [0.05, 0.1) is 5.52 Å². The Morgan fingerprint density at radius 2 is 2.16 bits per heavy atom. The molecule has 0 amide bonds. The molecule has 1 fully saturated rings. The van der Waals surface area contributed by atoms with E-state index in [1.165, 1.54) is 0 Å². The molecule has 3 heterocycles. The Kier molecular flexibility index (Phi) is 3.28. The monoisotopic (exact) mass is 323 g/mol. The third-order valence-corrected chi connectivity index (χ3v) is 4.00. The summed E-state index contributed by atoms with van der Waals surface area (Å²) in [5.41, 5.74) is 0.797. The van der Waals surface area contributed by atoms with E-state index in [4.69, 9.17) is 0 Å². The summed E-state index contributed by atoms with van der Waals surface area (Å²) >= 11 is 3.43. The first-order valence-corrected chi connectivity index (χ1v) is 7.07. The van der Waals surface area contributed by atoms with Gasteiger partial charge in [-0.25, -0.2) is 9.78 Å². The Hall–Kier alpha value is -1.40. The van der Waals surface area contributed by atoms with E-state index < -0.39 is 5.97 Å². The number of carboxylic acid groups (broad SMARTS) is 1. The fourth-order valence-electron chi connectivity index (χ4n) is 2.61. The number of nitrogens with one attached hydrogen (secondary N) is 1. The van der Waals surface area contributed by atoms with E-state index in [9.17, 15) is 9.90 Å². The molecule has 5 nitrogen and oxygen atoms in total. The van der Waals surface area contributed by atoms with Gasteiger partial charge in [-0.3, -0.25) is 0 Å². The zero-order valence-electron chi connectivity index (χ0n) is 10.3. The molecule has 0 radical (unpaired) electrons. The third-order valence-electron chi connectivity index (χ3n) is 3.54. The van der Waals surface area contributed by atoms with Crippen molar-refractivity contribution >= 4 is 27.4 Å². The number of pyridine rings is 1. The van der Waals surface area contributed by atoms with Crippen LogP contribution in [0, 0.1) is 0 Å². The maximum absolute atomic E-state index is 11.3. The zero-order chi connectivity index (χ0) is 13.4. The van der Waals surface area contributed by atoms with Crippen molar-refractivity contribution in [3.63, 3.8) is 0 Å². The minimum atomic E-state index is -0.972. The van der Waals surface area contributed by atoms with Crippen LogP contribution in [0.15, 0.2) is 22.8 Å². The van der Waals surface area contributed by atoms with Gasteiger partial charge in [0.1, 0.15) is 5.82 Å². The highest BCUT2D eigenvalue weighted by Gasteiger charge is 2.24. The average molecular weight is 324 g/mol. The van der Waals surface area contributed by atoms with E-state index in [2.05, 4.69) is 26.2 Å². The highest BCUT2D eigenvalue weighted by molar-refractivity contribution is 9.10. The molecule has 0 saturated carbocycles. The number of halogens is 1. The fraction of sp³-hybridized carbons (Fsp3) is 0.385. The van der Waals surface area contributed by atoms with Gasteiger partial charge in [0.2, 0.25) is 0 Å². The van der Waals surface area contributed by atoms with Crippen molar-refractivity contribution in [2.75, 3.05) is 13.1 Å². The van der Waals surface area contributed by atoms with E-state index in [-0.39, 0.29) is 5.69 Å². The molecule has 1 saturated heterocycles. The lowest BCUT2D eigenvalue weighted by Crippen LogP contribution is -2.27. The number of carbonyl (C=O) groups is 1. The van der Waals surface area contributed by atoms with Gasteiger partial charge in [-0.15, -0.1) is 0 Å². The van der Waals surface area contributed by atoms with Gasteiger partial charge in [-0.05, 0) is 54.0 Å². The summed E-state index contributed by atoms with van der Waals surface area (Å²) in [7, 11) is 0. The molecule has 19 heavy (non-hydrogen) atoms. The quantitative estimate of drug-likeness (QED) is 0.889. The fourth-order valence-corrected chi connectivity index (χ4v) is 2.95. The summed E-state index contributed by atoms with van der Waals surface area (Å²) in [4.78, 5) is 15.7. The van der Waals surface area contributed by atoms with Crippen molar-refractivity contribution in [3.8, 4) is 0 Å². The van der Waals surface area contributed by atoms with Crippen molar-refractivity contribution < 1.29 is 9.90 Å². The predicted molar refractivity (Wildman–Crippen MR) is 74.7 cm³/mol. The summed E-state index contributed by atoms with van der Waals surface area (Å²) in [6.07, 6.45) is 3.88. The second-order valence-electron chi connectivity index (χ2n) is 4.75. The molecule has 3 rings (SSSR count). The number of hydrogen-bond acceptors (Lipinski definition) is 3. The molecule has 0 atom stereocenters. The molecule has 0 aliphatic carbocycles. The van der Waals surface area contributed by atoms with Gasteiger partial charge in [0, 0.05) is 16.6 Å². The summed E-state index contributed by atoms with van der Waals surface area (Å²) in [5, 5.41) is 12.6. The molecule has 0 spiro atoms. The molecule has 6 heteroatoms. The molecule has 2 aromatic rings. The van der Waals surface area contributed by atoms with Gasteiger partial charge in [0.25, 0.3) is 0 Å². The number of fused-ring (bicyclic) bond motifs is 1. The van der Waals surface area contributed by atoms with E-state index in [0.717, 1.165) is 36.2 Å². The lowest BCUT2D eigenvalue weighted by atomic mass is 9.97. The first kappa shape index (κ1) is 12.6. The third kappa shape index (κ3) is 2.26. The molecule has 0 aromatic carbocycles. The van der Waals surface area contributed by atoms with Crippen molar-refractivity contribution in [3.05, 3.63) is 34.3 Å². The topological polar surface area (TPSA) is 66.6 Å². The van der Waals surface area contributed by atoms with Crippen LogP contribution >= 0.6 is 15.9 Å². The number of rotatable bonds is 2. The van der Waals surface area contributed by atoms with Crippen LogP contribution in [0.1, 0.15) is 35.1 Å². The van der Waals surface area contributed by atoms with Crippen LogP contribution in [-0.2, 0) is 0 Å². The van der Waals surface area contributed by atoms with Crippen LogP contribution < -0.4 is 5.32 Å². The lowest BCUT2D eigenvalue weighted by molar-refractivity contribution is 0.0693. The number of hydrogen-bond donors (Lipinski definition) is 2. The van der Waals surface area contributed by atoms with Gasteiger partial charge in [-0.2, -0.15) is 0 Å². The predicted octanol–water partition coefficient (Wildman–Crippen LogP) is 2.26. The van der Waals surface area contributed by atoms with Gasteiger partial charge < -0.3 is 14.8 Å². The molecule has 2 N–H and O–H groups in total. The Bertz CT molecular complexity index is 632. The normalized spacial score (nSPS) is 16.9. The second-order valence-corrected chi connectivity index (χ2v) is 5.67. The zero-order valence-corrected chi connectivity index (χ0v) is 11.9. The van der Waals surface area contributed by atoms with Gasteiger partial charge in [0.15, 0.2) is 5.69 Å². The van der Waals surface area contributed by atoms with Crippen molar-refractivity contribution in [2.24, 2.45) is 0 Å². The van der Waals surface area contributed by atoms with Crippen LogP contribution in [0.4, 0.5) is 0 Å². The summed E-state index contributed by atoms with van der Waals surface area (Å²) in [6, 6.07) is 3.64. The van der Waals surface area contributed by atoms with Gasteiger partial charge in [-0.1, -0.05) is 0 Å².